The lowest BCUT2D eigenvalue weighted by Gasteiger charge is -2.14. The molecule has 0 fully saturated rings. The maximum atomic E-state index is 5.94. The van der Waals surface area contributed by atoms with Crippen LogP contribution in [0.3, 0.4) is 0 Å². The van der Waals surface area contributed by atoms with Crippen molar-refractivity contribution < 1.29 is 0 Å². The van der Waals surface area contributed by atoms with Gasteiger partial charge in [-0.2, -0.15) is 0 Å². The average molecular weight is 247 g/mol. The second kappa shape index (κ2) is 6.33. The van der Waals surface area contributed by atoms with Gasteiger partial charge in [-0.3, -0.25) is 0 Å². The Morgan fingerprint density at radius 3 is 2.67 bits per heavy atom. The molecule has 84 valence electrons. The molecule has 0 heterocycles. The molecule has 1 aromatic carbocycles. The first kappa shape index (κ1) is 12.8. The predicted octanol–water partition coefficient (Wildman–Crippen LogP) is 2.99. The molecular formula is C11H16Cl2N2. The van der Waals surface area contributed by atoms with Crippen LogP contribution in [0.5, 0.6) is 0 Å². The molecule has 0 aliphatic carbocycles. The van der Waals surface area contributed by atoms with Crippen LogP contribution in [-0.2, 0) is 0 Å². The molecule has 1 unspecified atom stereocenters. The molecule has 3 N–H and O–H groups in total. The summed E-state index contributed by atoms with van der Waals surface area (Å²) >= 11 is 11.8. The fourth-order valence-corrected chi connectivity index (χ4v) is 1.63. The van der Waals surface area contributed by atoms with E-state index < -0.39 is 0 Å². The van der Waals surface area contributed by atoms with Crippen LogP contribution in [0.25, 0.3) is 0 Å². The summed E-state index contributed by atoms with van der Waals surface area (Å²) in [6, 6.07) is 5.96. The third-order valence-corrected chi connectivity index (χ3v) is 3.01. The van der Waals surface area contributed by atoms with Gasteiger partial charge in [0.25, 0.3) is 0 Å². The van der Waals surface area contributed by atoms with Gasteiger partial charge in [-0.05, 0) is 44.1 Å². The molecule has 0 spiro atoms. The van der Waals surface area contributed by atoms with Gasteiger partial charge in [0.1, 0.15) is 0 Å². The highest BCUT2D eigenvalue weighted by molar-refractivity contribution is 6.42. The molecular weight excluding hydrogens is 231 g/mol. The molecule has 1 aromatic rings. The number of hydrogen-bond donors (Lipinski definition) is 2. The summed E-state index contributed by atoms with van der Waals surface area (Å²) in [4.78, 5) is 0. The minimum absolute atomic E-state index is 0.270. The van der Waals surface area contributed by atoms with Gasteiger partial charge in [-0.25, -0.2) is 0 Å². The Hall–Kier alpha value is -0.280. The van der Waals surface area contributed by atoms with E-state index in [-0.39, 0.29) is 6.04 Å². The highest BCUT2D eigenvalue weighted by atomic mass is 35.5. The Kier molecular flexibility index (Phi) is 5.40. The summed E-state index contributed by atoms with van der Waals surface area (Å²) in [6.45, 7) is 3.72. The number of halogens is 2. The van der Waals surface area contributed by atoms with Crippen LogP contribution in [0.2, 0.25) is 10.0 Å². The smallest absolute Gasteiger partial charge is 0.0595 e. The highest BCUT2D eigenvalue weighted by Gasteiger charge is 2.06. The van der Waals surface area contributed by atoms with Gasteiger partial charge in [0.05, 0.1) is 10.0 Å². The van der Waals surface area contributed by atoms with Crippen LogP contribution in [0.1, 0.15) is 24.9 Å². The molecule has 0 bridgehead atoms. The van der Waals surface area contributed by atoms with Gasteiger partial charge in [0.15, 0.2) is 0 Å². The van der Waals surface area contributed by atoms with Gasteiger partial charge in [0.2, 0.25) is 0 Å². The van der Waals surface area contributed by atoms with E-state index in [0.29, 0.717) is 16.6 Å². The number of nitrogens with one attached hydrogen (secondary N) is 1. The summed E-state index contributed by atoms with van der Waals surface area (Å²) in [6.07, 6.45) is 0.978. The van der Waals surface area contributed by atoms with E-state index in [4.69, 9.17) is 28.9 Å². The van der Waals surface area contributed by atoms with Gasteiger partial charge in [-0.15, -0.1) is 0 Å². The highest BCUT2D eigenvalue weighted by Crippen LogP contribution is 2.25. The summed E-state index contributed by atoms with van der Waals surface area (Å²) in [5.41, 5.74) is 6.56. The Morgan fingerprint density at radius 1 is 1.33 bits per heavy atom. The molecule has 1 rings (SSSR count). The SMILES string of the molecule is CC(NCCCN)c1ccc(Cl)c(Cl)c1. The standard InChI is InChI=1S/C11H16Cl2N2/c1-8(15-6-2-5-14)9-3-4-10(12)11(13)7-9/h3-4,7-8,15H,2,5-6,14H2,1H3. The van der Waals surface area contributed by atoms with Gasteiger partial charge < -0.3 is 11.1 Å². The number of benzene rings is 1. The largest absolute Gasteiger partial charge is 0.330 e. The van der Waals surface area contributed by atoms with Crippen molar-refractivity contribution >= 4 is 23.2 Å². The van der Waals surface area contributed by atoms with E-state index in [2.05, 4.69) is 12.2 Å². The molecule has 0 saturated heterocycles. The molecule has 0 aromatic heterocycles. The minimum atomic E-state index is 0.270. The first-order valence-electron chi connectivity index (χ1n) is 5.03. The average Bonchev–Trinajstić information content (AvgIpc) is 2.22. The van der Waals surface area contributed by atoms with E-state index in [1.54, 1.807) is 0 Å². The topological polar surface area (TPSA) is 38.0 Å². The summed E-state index contributed by atoms with van der Waals surface area (Å²) < 4.78 is 0. The van der Waals surface area contributed by atoms with Crippen molar-refractivity contribution in [1.29, 1.82) is 0 Å². The molecule has 15 heavy (non-hydrogen) atoms. The summed E-state index contributed by atoms with van der Waals surface area (Å²) in [5, 5.41) is 4.56. The number of rotatable bonds is 5. The van der Waals surface area contributed by atoms with Crippen molar-refractivity contribution in [1.82, 2.24) is 5.32 Å². The Labute approximate surface area is 101 Å². The molecule has 4 heteroatoms. The lowest BCUT2D eigenvalue weighted by atomic mass is 10.1. The molecule has 0 aliphatic heterocycles. The molecule has 0 amide bonds. The fourth-order valence-electron chi connectivity index (χ4n) is 1.32. The molecule has 0 radical (unpaired) electrons. The number of nitrogens with two attached hydrogens (primary N) is 1. The van der Waals surface area contributed by atoms with Gasteiger partial charge in [0, 0.05) is 6.04 Å². The second-order valence-corrected chi connectivity index (χ2v) is 4.31. The normalized spacial score (nSPS) is 12.8. The Morgan fingerprint density at radius 2 is 2.07 bits per heavy atom. The van der Waals surface area contributed by atoms with Crippen molar-refractivity contribution in [3.8, 4) is 0 Å². The van der Waals surface area contributed by atoms with Gasteiger partial charge >= 0.3 is 0 Å². The number of hydrogen-bond acceptors (Lipinski definition) is 2. The van der Waals surface area contributed by atoms with E-state index in [9.17, 15) is 0 Å². The van der Waals surface area contributed by atoms with Crippen LogP contribution in [0, 0.1) is 0 Å². The second-order valence-electron chi connectivity index (χ2n) is 3.49. The van der Waals surface area contributed by atoms with Crippen LogP contribution in [0.15, 0.2) is 18.2 Å². The summed E-state index contributed by atoms with van der Waals surface area (Å²) in [5.74, 6) is 0. The van der Waals surface area contributed by atoms with Crippen molar-refractivity contribution in [3.63, 3.8) is 0 Å². The van der Waals surface area contributed by atoms with Crippen molar-refractivity contribution in [2.75, 3.05) is 13.1 Å². The quantitative estimate of drug-likeness (QED) is 0.785. The van der Waals surface area contributed by atoms with E-state index in [0.717, 1.165) is 18.5 Å². The lowest BCUT2D eigenvalue weighted by Crippen LogP contribution is -2.21. The zero-order valence-corrected chi connectivity index (χ0v) is 10.3. The van der Waals surface area contributed by atoms with Crippen LogP contribution < -0.4 is 11.1 Å². The van der Waals surface area contributed by atoms with Crippen molar-refractivity contribution in [2.24, 2.45) is 5.73 Å². The van der Waals surface area contributed by atoms with Crippen LogP contribution >= 0.6 is 23.2 Å². The third kappa shape index (κ3) is 3.99. The van der Waals surface area contributed by atoms with Crippen LogP contribution in [0.4, 0.5) is 0 Å². The van der Waals surface area contributed by atoms with E-state index in [1.165, 1.54) is 0 Å². The predicted molar refractivity (Wildman–Crippen MR) is 66.6 cm³/mol. The van der Waals surface area contributed by atoms with Gasteiger partial charge in [-0.1, -0.05) is 29.3 Å². The summed E-state index contributed by atoms with van der Waals surface area (Å²) in [7, 11) is 0. The monoisotopic (exact) mass is 246 g/mol. The van der Waals surface area contributed by atoms with E-state index >= 15 is 0 Å². The Bertz CT molecular complexity index is 315. The zero-order valence-electron chi connectivity index (χ0n) is 8.76. The van der Waals surface area contributed by atoms with E-state index in [1.807, 2.05) is 18.2 Å². The van der Waals surface area contributed by atoms with Crippen molar-refractivity contribution in [2.45, 2.75) is 19.4 Å². The first-order chi connectivity index (χ1) is 7.15. The molecule has 0 aliphatic rings. The zero-order chi connectivity index (χ0) is 11.3. The van der Waals surface area contributed by atoms with Crippen molar-refractivity contribution in [3.05, 3.63) is 33.8 Å². The third-order valence-electron chi connectivity index (χ3n) is 2.28. The molecule has 0 saturated carbocycles. The lowest BCUT2D eigenvalue weighted by molar-refractivity contribution is 0.562. The maximum Gasteiger partial charge on any atom is 0.0595 e. The minimum Gasteiger partial charge on any atom is -0.330 e. The fraction of sp³-hybridized carbons (Fsp3) is 0.455. The maximum absolute atomic E-state index is 5.94. The first-order valence-corrected chi connectivity index (χ1v) is 5.79. The molecule has 2 nitrogen and oxygen atoms in total. The molecule has 1 atom stereocenters. The van der Waals surface area contributed by atoms with Crippen LogP contribution in [-0.4, -0.2) is 13.1 Å². The Balaban J connectivity index is 2.57.